The predicted octanol–water partition coefficient (Wildman–Crippen LogP) is 12.6. The molecule has 0 amide bonds. The summed E-state index contributed by atoms with van der Waals surface area (Å²) in [6.45, 7) is 0. The molecule has 8 aromatic rings. The number of hydrogen-bond donors (Lipinski definition) is 1. The van der Waals surface area contributed by atoms with Crippen molar-refractivity contribution in [1.29, 1.82) is 0 Å². The van der Waals surface area contributed by atoms with E-state index >= 15 is 0 Å². The van der Waals surface area contributed by atoms with E-state index in [0.29, 0.717) is 0 Å². The Kier molecular flexibility index (Phi) is 6.40. The van der Waals surface area contributed by atoms with E-state index in [4.69, 9.17) is 0 Å². The second-order valence-corrected chi connectivity index (χ2v) is 13.5. The summed E-state index contributed by atoms with van der Waals surface area (Å²) < 4.78 is 0. The molecule has 0 bridgehead atoms. The van der Waals surface area contributed by atoms with Gasteiger partial charge in [-0.3, -0.25) is 0 Å². The molecular weight excluding hydrogens is 583 g/mol. The lowest BCUT2D eigenvalue weighted by Crippen LogP contribution is -1.96. The molecule has 0 saturated carbocycles. The molecule has 0 unspecified atom stereocenters. The lowest BCUT2D eigenvalue weighted by molar-refractivity contribution is 1.32. The van der Waals surface area contributed by atoms with Crippen LogP contribution in [0.15, 0.2) is 177 Å². The maximum Gasteiger partial charge on any atom is 0.0544 e. The van der Waals surface area contributed by atoms with E-state index < -0.39 is 0 Å². The van der Waals surface area contributed by atoms with Crippen LogP contribution < -0.4 is 0 Å². The average molecular weight is 610 g/mol. The van der Waals surface area contributed by atoms with Gasteiger partial charge in [0.2, 0.25) is 0 Å². The molecule has 0 aliphatic carbocycles. The Hall–Kier alpha value is -4.96. The molecule has 0 spiro atoms. The van der Waals surface area contributed by atoms with Crippen molar-refractivity contribution in [2.75, 3.05) is 0 Å². The molecular formula is C42H27NS2. The summed E-state index contributed by atoms with van der Waals surface area (Å²) in [5, 5.41) is 2.51. The van der Waals surface area contributed by atoms with Gasteiger partial charge in [0.05, 0.1) is 5.52 Å². The summed E-state index contributed by atoms with van der Waals surface area (Å²) in [5.74, 6) is 0. The molecule has 0 saturated heterocycles. The molecule has 1 N–H and O–H groups in total. The van der Waals surface area contributed by atoms with Crippen LogP contribution in [0.5, 0.6) is 0 Å². The van der Waals surface area contributed by atoms with Crippen molar-refractivity contribution in [1.82, 2.24) is 4.98 Å². The molecule has 1 nitrogen and oxygen atoms in total. The summed E-state index contributed by atoms with van der Waals surface area (Å²) in [6, 6.07) is 57.4. The minimum absolute atomic E-state index is 1.16. The number of aromatic nitrogens is 1. The fraction of sp³-hybridized carbons (Fsp3) is 0. The first-order valence-corrected chi connectivity index (χ1v) is 16.8. The molecule has 1 aliphatic rings. The standard InChI is InChI=1S/C42H27NS2/c1-2-13-27(14-3-1)28-18-12-26-39-40(28)35-17-6-9-25-38(35)44-37-24-8-5-16-30(37)33-21-11-22-34(42(33)45-39)32-20-10-19-31-29-15-4-7-23-36(29)43-41(31)32/h1-26,43H. The maximum absolute atomic E-state index is 3.77. The highest BCUT2D eigenvalue weighted by atomic mass is 32.2. The van der Waals surface area contributed by atoms with Crippen LogP contribution >= 0.6 is 23.5 Å². The van der Waals surface area contributed by atoms with Crippen LogP contribution in [0.1, 0.15) is 0 Å². The highest BCUT2D eigenvalue weighted by Gasteiger charge is 2.24. The van der Waals surface area contributed by atoms with E-state index in [1.54, 1.807) is 0 Å². The van der Waals surface area contributed by atoms with Crippen LogP contribution in [0.2, 0.25) is 0 Å². The van der Waals surface area contributed by atoms with Crippen molar-refractivity contribution < 1.29 is 0 Å². The van der Waals surface area contributed by atoms with Gasteiger partial charge in [0, 0.05) is 47.0 Å². The Morgan fingerprint density at radius 3 is 1.78 bits per heavy atom. The lowest BCUT2D eigenvalue weighted by Gasteiger charge is -2.23. The Morgan fingerprint density at radius 2 is 0.911 bits per heavy atom. The number of fused-ring (bicyclic) bond motifs is 9. The molecule has 7 aromatic carbocycles. The summed E-state index contributed by atoms with van der Waals surface area (Å²) in [5.41, 5.74) is 12.3. The molecule has 9 rings (SSSR count). The second-order valence-electron chi connectivity index (χ2n) is 11.3. The quantitative estimate of drug-likeness (QED) is 0.210. The molecule has 0 radical (unpaired) electrons. The maximum atomic E-state index is 3.77. The Morgan fingerprint density at radius 1 is 0.356 bits per heavy atom. The molecule has 2 heterocycles. The summed E-state index contributed by atoms with van der Waals surface area (Å²) in [7, 11) is 0. The minimum Gasteiger partial charge on any atom is -0.354 e. The van der Waals surface area contributed by atoms with Crippen molar-refractivity contribution in [2.45, 2.75) is 19.6 Å². The van der Waals surface area contributed by atoms with E-state index in [1.807, 2.05) is 23.5 Å². The summed E-state index contributed by atoms with van der Waals surface area (Å²) >= 11 is 3.75. The van der Waals surface area contributed by atoms with E-state index in [0.717, 1.165) is 5.52 Å². The van der Waals surface area contributed by atoms with Crippen molar-refractivity contribution in [2.24, 2.45) is 0 Å². The van der Waals surface area contributed by atoms with Crippen LogP contribution in [-0.4, -0.2) is 4.98 Å². The number of H-pyrrole nitrogens is 1. The normalized spacial score (nSPS) is 12.3. The van der Waals surface area contributed by atoms with E-state index in [2.05, 4.69) is 163 Å². The van der Waals surface area contributed by atoms with Crippen LogP contribution in [0.4, 0.5) is 0 Å². The second kappa shape index (κ2) is 10.9. The van der Waals surface area contributed by atoms with Gasteiger partial charge in [-0.05, 0) is 57.6 Å². The van der Waals surface area contributed by atoms with Gasteiger partial charge in [-0.25, -0.2) is 0 Å². The molecule has 0 fully saturated rings. The van der Waals surface area contributed by atoms with Gasteiger partial charge >= 0.3 is 0 Å². The van der Waals surface area contributed by atoms with Crippen LogP contribution in [0.3, 0.4) is 0 Å². The Balaban J connectivity index is 1.37. The Labute approximate surface area is 271 Å². The van der Waals surface area contributed by atoms with Gasteiger partial charge in [-0.15, -0.1) is 0 Å². The molecule has 3 heteroatoms. The van der Waals surface area contributed by atoms with Crippen molar-refractivity contribution in [3.05, 3.63) is 158 Å². The zero-order chi connectivity index (χ0) is 29.7. The first-order chi connectivity index (χ1) is 22.3. The summed E-state index contributed by atoms with van der Waals surface area (Å²) in [4.78, 5) is 8.81. The fourth-order valence-corrected chi connectivity index (χ4v) is 9.05. The number of rotatable bonds is 2. The van der Waals surface area contributed by atoms with Gasteiger partial charge in [-0.1, -0.05) is 157 Å². The average Bonchev–Trinajstić information content (AvgIpc) is 3.48. The zero-order valence-electron chi connectivity index (χ0n) is 24.3. The highest BCUT2D eigenvalue weighted by molar-refractivity contribution is 8.00. The topological polar surface area (TPSA) is 15.8 Å². The molecule has 212 valence electrons. The molecule has 1 aromatic heterocycles. The zero-order valence-corrected chi connectivity index (χ0v) is 26.0. The lowest BCUT2D eigenvalue weighted by atomic mass is 9.94. The number of nitrogens with one attached hydrogen (secondary N) is 1. The van der Waals surface area contributed by atoms with Crippen LogP contribution in [-0.2, 0) is 0 Å². The fourth-order valence-electron chi connectivity index (χ4n) is 6.69. The third kappa shape index (κ3) is 4.42. The van der Waals surface area contributed by atoms with Crippen molar-refractivity contribution in [3.8, 4) is 44.5 Å². The monoisotopic (exact) mass is 609 g/mol. The van der Waals surface area contributed by atoms with Gasteiger partial charge in [0.1, 0.15) is 0 Å². The van der Waals surface area contributed by atoms with Gasteiger partial charge in [0.15, 0.2) is 0 Å². The minimum atomic E-state index is 1.16. The van der Waals surface area contributed by atoms with Gasteiger partial charge < -0.3 is 4.98 Å². The smallest absolute Gasteiger partial charge is 0.0544 e. The predicted molar refractivity (Wildman–Crippen MR) is 192 cm³/mol. The van der Waals surface area contributed by atoms with E-state index in [1.165, 1.54) is 80.4 Å². The Bertz CT molecular complexity index is 2390. The first-order valence-electron chi connectivity index (χ1n) is 15.2. The van der Waals surface area contributed by atoms with E-state index in [-0.39, 0.29) is 0 Å². The SMILES string of the molecule is c1ccc(-c2cccc3c2-c2ccccc2Sc2ccccc2-c2cccc(-c4cccc5c4[nH]c4ccccc45)c2S3)cc1. The van der Waals surface area contributed by atoms with Gasteiger partial charge in [-0.2, -0.15) is 0 Å². The van der Waals surface area contributed by atoms with Crippen molar-refractivity contribution in [3.63, 3.8) is 0 Å². The third-order valence-corrected chi connectivity index (χ3v) is 11.1. The largest absolute Gasteiger partial charge is 0.354 e. The first kappa shape index (κ1) is 26.4. The molecule has 0 atom stereocenters. The van der Waals surface area contributed by atoms with E-state index in [9.17, 15) is 0 Å². The molecule has 45 heavy (non-hydrogen) atoms. The number of para-hydroxylation sites is 2. The highest BCUT2D eigenvalue weighted by Crippen LogP contribution is 2.53. The summed E-state index contributed by atoms with van der Waals surface area (Å²) in [6.07, 6.45) is 0. The van der Waals surface area contributed by atoms with Crippen molar-refractivity contribution >= 4 is 45.3 Å². The number of aromatic amines is 1. The third-order valence-electron chi connectivity index (χ3n) is 8.72. The van der Waals surface area contributed by atoms with Crippen LogP contribution in [0.25, 0.3) is 66.3 Å². The molecule has 1 aliphatic heterocycles. The van der Waals surface area contributed by atoms with Gasteiger partial charge in [0.25, 0.3) is 0 Å². The number of benzene rings is 7. The number of hydrogen-bond acceptors (Lipinski definition) is 2. The van der Waals surface area contributed by atoms with Crippen LogP contribution in [0, 0.1) is 0 Å².